The van der Waals surface area contributed by atoms with Crippen LogP contribution in [0.1, 0.15) is 174 Å². The fourth-order valence-electron chi connectivity index (χ4n) is 4.54. The first-order valence-corrected chi connectivity index (χ1v) is 14.4. The highest BCUT2D eigenvalue weighted by atomic mass is 16.3. The van der Waals surface area contributed by atoms with Gasteiger partial charge in [0.1, 0.15) is 6.10 Å². The smallest absolute Gasteiger partial charge is 0.229 e. The van der Waals surface area contributed by atoms with Gasteiger partial charge in [-0.3, -0.25) is 4.79 Å². The van der Waals surface area contributed by atoms with E-state index in [4.69, 9.17) is 5.11 Å². The van der Waals surface area contributed by atoms with Crippen molar-refractivity contribution in [3.63, 3.8) is 0 Å². The highest BCUT2D eigenvalue weighted by molar-refractivity contribution is 5.56. The summed E-state index contributed by atoms with van der Waals surface area (Å²) in [5.74, 6) is 0. The first-order chi connectivity index (χ1) is 15.3. The second-order valence-electron chi connectivity index (χ2n) is 9.91. The van der Waals surface area contributed by atoms with Gasteiger partial charge in [0, 0.05) is 0 Å². The molecule has 1 atom stereocenters. The Morgan fingerprint density at radius 2 is 0.677 bits per heavy atom. The Balaban J connectivity index is 3.01. The number of hydrogen-bond donors (Lipinski definition) is 1. The summed E-state index contributed by atoms with van der Waals surface area (Å²) in [4.78, 5) is 10.2. The molecular formula is C29H57O2. The Kier molecular flexibility index (Phi) is 27.3. The van der Waals surface area contributed by atoms with E-state index in [-0.39, 0.29) is 0 Å². The molecule has 2 heteroatoms. The molecule has 185 valence electrons. The monoisotopic (exact) mass is 437 g/mol. The standard InChI is InChI=1S/C29H57O2/c1-2-3-4-5-6-7-8-9-10-11-12-13-14-15-16-17-18-19-20-21-22-23-24-25-26-27-29(31)28-30/h29,31H,2-27H2,1H3. The van der Waals surface area contributed by atoms with E-state index in [2.05, 4.69) is 6.92 Å². The van der Waals surface area contributed by atoms with Gasteiger partial charge in [0.15, 0.2) is 0 Å². The van der Waals surface area contributed by atoms with E-state index in [0.29, 0.717) is 6.42 Å². The third kappa shape index (κ3) is 27.6. The van der Waals surface area contributed by atoms with Gasteiger partial charge in [0.05, 0.1) is 0 Å². The maximum Gasteiger partial charge on any atom is 0.229 e. The second-order valence-corrected chi connectivity index (χ2v) is 9.91. The summed E-state index contributed by atoms with van der Waals surface area (Å²) in [6, 6.07) is 0. The quantitative estimate of drug-likeness (QED) is 0.130. The molecule has 0 fully saturated rings. The van der Waals surface area contributed by atoms with Crippen LogP contribution in [0.2, 0.25) is 0 Å². The third-order valence-electron chi connectivity index (χ3n) is 6.72. The molecule has 0 aromatic carbocycles. The van der Waals surface area contributed by atoms with Crippen LogP contribution in [0.4, 0.5) is 0 Å². The molecule has 0 aliphatic carbocycles. The molecule has 0 bridgehead atoms. The first kappa shape index (κ1) is 30.6. The van der Waals surface area contributed by atoms with Crippen molar-refractivity contribution in [1.29, 1.82) is 0 Å². The Bertz CT molecular complexity index is 329. The topological polar surface area (TPSA) is 37.3 Å². The minimum Gasteiger partial charge on any atom is -0.385 e. The molecule has 0 aliphatic heterocycles. The van der Waals surface area contributed by atoms with Crippen molar-refractivity contribution < 1.29 is 9.90 Å². The summed E-state index contributed by atoms with van der Waals surface area (Å²) in [5, 5.41) is 9.12. The van der Waals surface area contributed by atoms with Gasteiger partial charge in [-0.2, -0.15) is 0 Å². The SMILES string of the molecule is CCCCCCCCCCCCCCCCCCCCCCCCCCCC(O)[C]=O. The molecule has 0 aliphatic rings. The van der Waals surface area contributed by atoms with Crippen LogP contribution in [-0.4, -0.2) is 17.5 Å². The number of hydrogen-bond acceptors (Lipinski definition) is 2. The molecule has 0 aromatic rings. The van der Waals surface area contributed by atoms with Crippen molar-refractivity contribution >= 4 is 6.29 Å². The third-order valence-corrected chi connectivity index (χ3v) is 6.72. The average Bonchev–Trinajstić information content (AvgIpc) is 2.78. The Morgan fingerprint density at radius 3 is 0.903 bits per heavy atom. The normalized spacial score (nSPS) is 12.3. The molecule has 31 heavy (non-hydrogen) atoms. The molecule has 0 spiro atoms. The van der Waals surface area contributed by atoms with E-state index in [1.807, 2.05) is 0 Å². The van der Waals surface area contributed by atoms with Crippen LogP contribution in [0.5, 0.6) is 0 Å². The van der Waals surface area contributed by atoms with Crippen LogP contribution in [0, 0.1) is 0 Å². The van der Waals surface area contributed by atoms with Crippen molar-refractivity contribution in [1.82, 2.24) is 0 Å². The maximum atomic E-state index is 10.2. The van der Waals surface area contributed by atoms with Crippen molar-refractivity contribution in [2.24, 2.45) is 0 Å². The van der Waals surface area contributed by atoms with Gasteiger partial charge in [0.25, 0.3) is 0 Å². The van der Waals surface area contributed by atoms with Gasteiger partial charge in [0.2, 0.25) is 6.29 Å². The van der Waals surface area contributed by atoms with Gasteiger partial charge in [-0.15, -0.1) is 0 Å². The van der Waals surface area contributed by atoms with Crippen molar-refractivity contribution in [3.8, 4) is 0 Å². The zero-order valence-corrected chi connectivity index (χ0v) is 21.3. The number of rotatable bonds is 27. The largest absolute Gasteiger partial charge is 0.385 e. The molecule has 0 heterocycles. The van der Waals surface area contributed by atoms with Crippen molar-refractivity contribution in [2.45, 2.75) is 180 Å². The lowest BCUT2D eigenvalue weighted by Crippen LogP contribution is -2.06. The van der Waals surface area contributed by atoms with Crippen molar-refractivity contribution in [3.05, 3.63) is 0 Å². The van der Waals surface area contributed by atoms with Gasteiger partial charge in [-0.05, 0) is 6.42 Å². The molecule has 0 amide bonds. The predicted octanol–water partition coefficient (Wildman–Crippen LogP) is 9.62. The summed E-state index contributed by atoms with van der Waals surface area (Å²) in [6.07, 6.45) is 36.2. The predicted molar refractivity (Wildman–Crippen MR) is 137 cm³/mol. The van der Waals surface area contributed by atoms with Crippen LogP contribution in [-0.2, 0) is 4.79 Å². The summed E-state index contributed by atoms with van der Waals surface area (Å²) >= 11 is 0. The number of aliphatic hydroxyl groups is 1. The number of unbranched alkanes of at least 4 members (excludes halogenated alkanes) is 24. The Labute approximate surface area is 196 Å². The lowest BCUT2D eigenvalue weighted by molar-refractivity contribution is 0.219. The van der Waals surface area contributed by atoms with E-state index in [1.165, 1.54) is 148 Å². The van der Waals surface area contributed by atoms with Gasteiger partial charge in [-0.25, -0.2) is 0 Å². The fraction of sp³-hybridized carbons (Fsp3) is 0.966. The van der Waals surface area contributed by atoms with Crippen LogP contribution in [0.25, 0.3) is 0 Å². The molecule has 0 saturated carbocycles. The lowest BCUT2D eigenvalue weighted by atomic mass is 10.0. The lowest BCUT2D eigenvalue weighted by Gasteiger charge is -2.04. The molecule has 2 nitrogen and oxygen atoms in total. The van der Waals surface area contributed by atoms with Gasteiger partial charge in [-0.1, -0.05) is 167 Å². The fourth-order valence-corrected chi connectivity index (χ4v) is 4.54. The zero-order chi connectivity index (χ0) is 22.7. The summed E-state index contributed by atoms with van der Waals surface area (Å²) < 4.78 is 0. The van der Waals surface area contributed by atoms with Crippen LogP contribution >= 0.6 is 0 Å². The van der Waals surface area contributed by atoms with Gasteiger partial charge < -0.3 is 5.11 Å². The van der Waals surface area contributed by atoms with Crippen LogP contribution in [0.3, 0.4) is 0 Å². The molecule has 1 N–H and O–H groups in total. The van der Waals surface area contributed by atoms with Gasteiger partial charge >= 0.3 is 0 Å². The second kappa shape index (κ2) is 27.7. The minimum absolute atomic E-state index is 0.586. The maximum absolute atomic E-state index is 10.2. The Morgan fingerprint density at radius 1 is 0.452 bits per heavy atom. The summed E-state index contributed by atoms with van der Waals surface area (Å²) in [5.41, 5.74) is 0. The molecule has 1 radical (unpaired) electrons. The zero-order valence-electron chi connectivity index (χ0n) is 21.3. The van der Waals surface area contributed by atoms with Crippen molar-refractivity contribution in [2.75, 3.05) is 0 Å². The van der Waals surface area contributed by atoms with E-state index in [1.54, 1.807) is 6.29 Å². The number of aliphatic hydroxyl groups excluding tert-OH is 1. The minimum atomic E-state index is -0.857. The van der Waals surface area contributed by atoms with Crippen LogP contribution < -0.4 is 0 Å². The van der Waals surface area contributed by atoms with E-state index in [0.717, 1.165) is 12.8 Å². The van der Waals surface area contributed by atoms with E-state index < -0.39 is 6.10 Å². The highest BCUT2D eigenvalue weighted by Gasteiger charge is 2.01. The molecule has 0 rings (SSSR count). The summed E-state index contributed by atoms with van der Waals surface area (Å²) in [6.45, 7) is 2.29. The molecular weight excluding hydrogens is 380 g/mol. The van der Waals surface area contributed by atoms with Crippen LogP contribution in [0.15, 0.2) is 0 Å². The van der Waals surface area contributed by atoms with E-state index >= 15 is 0 Å². The highest BCUT2D eigenvalue weighted by Crippen LogP contribution is 2.16. The molecule has 1 unspecified atom stereocenters. The number of carbonyl (C=O) groups excluding carboxylic acids is 1. The summed E-state index contributed by atoms with van der Waals surface area (Å²) in [7, 11) is 0. The average molecular weight is 438 g/mol. The molecule has 0 saturated heterocycles. The first-order valence-electron chi connectivity index (χ1n) is 14.4. The van der Waals surface area contributed by atoms with E-state index in [9.17, 15) is 4.79 Å². The molecule has 0 aromatic heterocycles. The Hall–Kier alpha value is -0.370.